The minimum Gasteiger partial charge on any atom is -0.468 e. The third kappa shape index (κ3) is 3.94. The van der Waals surface area contributed by atoms with Crippen LogP contribution in [-0.4, -0.2) is 18.4 Å². The quantitative estimate of drug-likeness (QED) is 0.457. The molecule has 1 aliphatic rings. The number of carbonyl (C=O) groups excluding carboxylic acids is 2. The number of furan rings is 1. The molecule has 0 radical (unpaired) electrons. The standard InChI is InChI=1S/C25H20N2O3S/c28-24(26-19-10-5-8-17-7-1-2-9-18(17)19)16-27-20-11-3-4-13-22(20)31-23(15-25(27)29)21-12-6-14-30-21/h1-14,23H,15-16H2,(H,26,28)/t23-/m1/s1. The molecule has 3 aromatic carbocycles. The highest BCUT2D eigenvalue weighted by Crippen LogP contribution is 2.45. The normalized spacial score (nSPS) is 16.1. The first-order valence-electron chi connectivity index (χ1n) is 10.1. The lowest BCUT2D eigenvalue weighted by Gasteiger charge is -2.22. The summed E-state index contributed by atoms with van der Waals surface area (Å²) in [4.78, 5) is 28.7. The summed E-state index contributed by atoms with van der Waals surface area (Å²) in [5.74, 6) is 0.420. The number of thioether (sulfide) groups is 1. The summed E-state index contributed by atoms with van der Waals surface area (Å²) in [6, 6.07) is 25.1. The van der Waals surface area contributed by atoms with Crippen LogP contribution in [0.4, 0.5) is 11.4 Å². The number of rotatable bonds is 4. The molecule has 4 aromatic rings. The van der Waals surface area contributed by atoms with Gasteiger partial charge in [0.2, 0.25) is 11.8 Å². The number of hydrogen-bond donors (Lipinski definition) is 1. The van der Waals surface area contributed by atoms with Gasteiger partial charge in [-0.25, -0.2) is 0 Å². The van der Waals surface area contributed by atoms with Crippen LogP contribution in [0, 0.1) is 0 Å². The van der Waals surface area contributed by atoms with Crippen molar-refractivity contribution >= 4 is 45.7 Å². The maximum absolute atomic E-state index is 13.2. The van der Waals surface area contributed by atoms with Gasteiger partial charge in [-0.05, 0) is 35.7 Å². The van der Waals surface area contributed by atoms with Crippen LogP contribution in [0.15, 0.2) is 94.4 Å². The number of carbonyl (C=O) groups is 2. The average molecular weight is 429 g/mol. The predicted octanol–water partition coefficient (Wildman–Crippen LogP) is 5.64. The molecule has 2 heterocycles. The minimum atomic E-state index is -0.235. The van der Waals surface area contributed by atoms with Crippen molar-refractivity contribution in [1.29, 1.82) is 0 Å². The van der Waals surface area contributed by atoms with E-state index in [1.807, 2.05) is 78.9 Å². The second kappa shape index (κ2) is 8.32. The van der Waals surface area contributed by atoms with Crippen molar-refractivity contribution in [2.75, 3.05) is 16.8 Å². The number of anilines is 2. The monoisotopic (exact) mass is 428 g/mol. The van der Waals surface area contributed by atoms with Gasteiger partial charge in [0.1, 0.15) is 12.3 Å². The zero-order valence-electron chi connectivity index (χ0n) is 16.7. The van der Waals surface area contributed by atoms with Crippen LogP contribution >= 0.6 is 11.8 Å². The molecule has 5 nitrogen and oxygen atoms in total. The maximum Gasteiger partial charge on any atom is 0.244 e. The van der Waals surface area contributed by atoms with Gasteiger partial charge >= 0.3 is 0 Å². The summed E-state index contributed by atoms with van der Waals surface area (Å²) in [6.07, 6.45) is 1.88. The summed E-state index contributed by atoms with van der Waals surface area (Å²) in [5, 5.41) is 4.87. The van der Waals surface area contributed by atoms with Gasteiger partial charge in [0.05, 0.1) is 17.2 Å². The number of hydrogen-bond acceptors (Lipinski definition) is 4. The molecule has 2 amide bonds. The summed E-state index contributed by atoms with van der Waals surface area (Å²) in [5.41, 5.74) is 1.49. The van der Waals surface area contributed by atoms with Crippen LogP contribution in [0.2, 0.25) is 0 Å². The van der Waals surface area contributed by atoms with Crippen LogP contribution in [0.1, 0.15) is 17.4 Å². The van der Waals surface area contributed by atoms with Crippen molar-refractivity contribution in [3.63, 3.8) is 0 Å². The molecule has 0 saturated heterocycles. The summed E-state index contributed by atoms with van der Waals surface area (Å²) >= 11 is 1.59. The molecular weight excluding hydrogens is 408 g/mol. The van der Waals surface area contributed by atoms with Crippen molar-refractivity contribution in [3.05, 3.63) is 90.9 Å². The molecule has 1 atom stereocenters. The van der Waals surface area contributed by atoms with E-state index in [1.54, 1.807) is 22.9 Å². The third-order valence-electron chi connectivity index (χ3n) is 5.31. The van der Waals surface area contributed by atoms with Gasteiger partial charge in [-0.15, -0.1) is 11.8 Å². The fraction of sp³-hybridized carbons (Fsp3) is 0.120. The summed E-state index contributed by atoms with van der Waals surface area (Å²) < 4.78 is 5.56. The van der Waals surface area contributed by atoms with Crippen molar-refractivity contribution < 1.29 is 14.0 Å². The van der Waals surface area contributed by atoms with Gasteiger partial charge in [0.15, 0.2) is 0 Å². The Labute approximate surface area is 184 Å². The van der Waals surface area contributed by atoms with Crippen molar-refractivity contribution in [2.24, 2.45) is 0 Å². The number of amides is 2. The lowest BCUT2D eigenvalue weighted by Crippen LogP contribution is -2.38. The fourth-order valence-corrected chi connectivity index (χ4v) is 5.09. The predicted molar refractivity (Wildman–Crippen MR) is 123 cm³/mol. The molecule has 154 valence electrons. The van der Waals surface area contributed by atoms with Crippen molar-refractivity contribution in [3.8, 4) is 0 Å². The highest BCUT2D eigenvalue weighted by molar-refractivity contribution is 7.99. The van der Waals surface area contributed by atoms with E-state index in [0.29, 0.717) is 0 Å². The molecule has 6 heteroatoms. The number of benzene rings is 3. The van der Waals surface area contributed by atoms with Gasteiger partial charge in [-0.2, -0.15) is 0 Å². The Hall–Kier alpha value is -3.51. The second-order valence-corrected chi connectivity index (χ2v) is 8.59. The van der Waals surface area contributed by atoms with Crippen LogP contribution in [0.25, 0.3) is 10.8 Å². The molecule has 31 heavy (non-hydrogen) atoms. The molecular formula is C25H20N2O3S. The molecule has 1 aliphatic heterocycles. The zero-order valence-corrected chi connectivity index (χ0v) is 17.5. The molecule has 0 fully saturated rings. The smallest absolute Gasteiger partial charge is 0.244 e. The lowest BCUT2D eigenvalue weighted by molar-refractivity contribution is -0.121. The number of nitrogens with one attached hydrogen (secondary N) is 1. The molecule has 1 N–H and O–H groups in total. The van der Waals surface area contributed by atoms with E-state index >= 15 is 0 Å². The van der Waals surface area contributed by atoms with Gasteiger partial charge in [-0.3, -0.25) is 9.59 Å². The SMILES string of the molecule is O=C(CN1C(=O)C[C@H](c2ccco2)Sc2ccccc21)Nc1cccc2ccccc12. The first-order chi connectivity index (χ1) is 15.2. The van der Waals surface area contributed by atoms with Crippen molar-refractivity contribution in [1.82, 2.24) is 0 Å². The van der Waals surface area contributed by atoms with Crippen molar-refractivity contribution in [2.45, 2.75) is 16.6 Å². The van der Waals surface area contributed by atoms with Crippen LogP contribution < -0.4 is 10.2 Å². The van der Waals surface area contributed by atoms with Crippen LogP contribution in [0.5, 0.6) is 0 Å². The Morgan fingerprint density at radius 1 is 1.00 bits per heavy atom. The van der Waals surface area contributed by atoms with E-state index in [4.69, 9.17) is 4.42 Å². The first-order valence-corrected chi connectivity index (χ1v) is 10.9. The fourth-order valence-electron chi connectivity index (χ4n) is 3.85. The zero-order chi connectivity index (χ0) is 21.2. The Morgan fingerprint density at radius 3 is 2.68 bits per heavy atom. The Morgan fingerprint density at radius 2 is 1.81 bits per heavy atom. The van der Waals surface area contributed by atoms with E-state index in [1.165, 1.54) is 0 Å². The first kappa shape index (κ1) is 19.5. The van der Waals surface area contributed by atoms with Gasteiger partial charge < -0.3 is 14.6 Å². The molecule has 1 aromatic heterocycles. The number of para-hydroxylation sites is 1. The summed E-state index contributed by atoms with van der Waals surface area (Å²) in [7, 11) is 0. The second-order valence-electron chi connectivity index (χ2n) is 7.35. The Kier molecular flexibility index (Phi) is 5.22. The van der Waals surface area contributed by atoms with E-state index in [-0.39, 0.29) is 30.0 Å². The molecule has 0 unspecified atom stereocenters. The maximum atomic E-state index is 13.2. The average Bonchev–Trinajstić information content (AvgIpc) is 3.28. The Bertz CT molecular complexity index is 1250. The van der Waals surface area contributed by atoms with Crippen LogP contribution in [0.3, 0.4) is 0 Å². The van der Waals surface area contributed by atoms with Gasteiger partial charge in [-0.1, -0.05) is 48.5 Å². The molecule has 5 rings (SSSR count). The summed E-state index contributed by atoms with van der Waals surface area (Å²) in [6.45, 7) is -0.0511. The third-order valence-corrected chi connectivity index (χ3v) is 6.59. The van der Waals surface area contributed by atoms with E-state index < -0.39 is 0 Å². The number of fused-ring (bicyclic) bond motifs is 2. The van der Waals surface area contributed by atoms with Gasteiger partial charge in [0, 0.05) is 22.4 Å². The lowest BCUT2D eigenvalue weighted by atomic mass is 10.1. The van der Waals surface area contributed by atoms with Crippen LogP contribution in [-0.2, 0) is 9.59 Å². The molecule has 0 aliphatic carbocycles. The highest BCUT2D eigenvalue weighted by Gasteiger charge is 2.31. The topological polar surface area (TPSA) is 62.6 Å². The van der Waals surface area contributed by atoms with Gasteiger partial charge in [0.25, 0.3) is 0 Å². The van der Waals surface area contributed by atoms with E-state index in [9.17, 15) is 9.59 Å². The molecule has 0 spiro atoms. The number of nitrogens with zero attached hydrogens (tertiary/aromatic N) is 1. The molecule has 0 bridgehead atoms. The van der Waals surface area contributed by atoms with E-state index in [0.717, 1.165) is 32.8 Å². The minimum absolute atomic E-state index is 0.0511. The molecule has 0 saturated carbocycles. The Balaban J connectivity index is 1.41. The van der Waals surface area contributed by atoms with E-state index in [2.05, 4.69) is 5.32 Å². The largest absolute Gasteiger partial charge is 0.468 e. The highest BCUT2D eigenvalue weighted by atomic mass is 32.2.